The first-order chi connectivity index (χ1) is 9.99. The molecule has 1 atom stereocenters. The summed E-state index contributed by atoms with van der Waals surface area (Å²) in [5.41, 5.74) is 0.428. The predicted molar refractivity (Wildman–Crippen MR) is 83.1 cm³/mol. The van der Waals surface area contributed by atoms with Crippen molar-refractivity contribution in [2.24, 2.45) is 17.3 Å². The maximum absolute atomic E-state index is 9.43. The molecular weight excluding hydrogens is 262 g/mol. The molecule has 0 radical (unpaired) electrons. The molecular formula is C17H29N3O. The number of nitrogens with zero attached hydrogens (tertiary/aromatic N) is 3. The van der Waals surface area contributed by atoms with Crippen LogP contribution < -0.4 is 0 Å². The zero-order valence-electron chi connectivity index (χ0n) is 13.7. The molecule has 1 fully saturated rings. The summed E-state index contributed by atoms with van der Waals surface area (Å²) in [5.74, 6) is 4.12. The van der Waals surface area contributed by atoms with E-state index < -0.39 is 0 Å². The van der Waals surface area contributed by atoms with E-state index >= 15 is 0 Å². The van der Waals surface area contributed by atoms with Gasteiger partial charge in [-0.2, -0.15) is 0 Å². The number of aliphatic hydroxyl groups is 1. The van der Waals surface area contributed by atoms with E-state index in [1.54, 1.807) is 0 Å². The summed E-state index contributed by atoms with van der Waals surface area (Å²) >= 11 is 0. The SMILES string of the molecule is CC(C)(C)C1CCC(c2nnc3n2CC(CO)CC3)CC1. The summed E-state index contributed by atoms with van der Waals surface area (Å²) in [6, 6.07) is 0. The summed E-state index contributed by atoms with van der Waals surface area (Å²) in [7, 11) is 0. The van der Waals surface area contributed by atoms with Gasteiger partial charge in [0.05, 0.1) is 0 Å². The summed E-state index contributed by atoms with van der Waals surface area (Å²) in [6.07, 6.45) is 7.11. The number of hydrogen-bond donors (Lipinski definition) is 1. The molecule has 1 aromatic rings. The van der Waals surface area contributed by atoms with E-state index in [-0.39, 0.29) is 6.61 Å². The normalized spacial score (nSPS) is 30.2. The van der Waals surface area contributed by atoms with Gasteiger partial charge in [0, 0.05) is 31.4 Å². The van der Waals surface area contributed by atoms with Gasteiger partial charge in [-0.3, -0.25) is 0 Å². The van der Waals surface area contributed by atoms with Gasteiger partial charge in [0.25, 0.3) is 0 Å². The van der Waals surface area contributed by atoms with Crippen molar-refractivity contribution in [3.63, 3.8) is 0 Å². The van der Waals surface area contributed by atoms with Crippen LogP contribution in [0.4, 0.5) is 0 Å². The molecule has 0 aromatic carbocycles. The van der Waals surface area contributed by atoms with Crippen LogP contribution in [0.25, 0.3) is 0 Å². The summed E-state index contributed by atoms with van der Waals surface area (Å²) in [6.45, 7) is 8.29. The topological polar surface area (TPSA) is 50.9 Å². The van der Waals surface area contributed by atoms with E-state index in [1.165, 1.54) is 31.5 Å². The molecule has 0 amide bonds. The molecule has 1 N–H and O–H groups in total. The Morgan fingerprint density at radius 1 is 1.10 bits per heavy atom. The quantitative estimate of drug-likeness (QED) is 0.910. The van der Waals surface area contributed by atoms with Crippen molar-refractivity contribution >= 4 is 0 Å². The average molecular weight is 291 g/mol. The minimum atomic E-state index is 0.286. The van der Waals surface area contributed by atoms with Gasteiger partial charge in [-0.25, -0.2) is 0 Å². The van der Waals surface area contributed by atoms with Crippen molar-refractivity contribution in [1.82, 2.24) is 14.8 Å². The summed E-state index contributed by atoms with van der Waals surface area (Å²) < 4.78 is 2.31. The number of rotatable bonds is 2. The maximum Gasteiger partial charge on any atom is 0.136 e. The van der Waals surface area contributed by atoms with Crippen LogP contribution in [-0.4, -0.2) is 26.5 Å². The lowest BCUT2D eigenvalue weighted by Crippen LogP contribution is -2.28. The molecule has 3 rings (SSSR count). The van der Waals surface area contributed by atoms with Crippen LogP contribution in [0.5, 0.6) is 0 Å². The Kier molecular flexibility index (Phi) is 4.08. The highest BCUT2D eigenvalue weighted by Gasteiger charge is 2.33. The van der Waals surface area contributed by atoms with Crippen LogP contribution in [0.3, 0.4) is 0 Å². The van der Waals surface area contributed by atoms with Gasteiger partial charge in [0.15, 0.2) is 0 Å². The highest BCUT2D eigenvalue weighted by atomic mass is 16.3. The first-order valence-corrected chi connectivity index (χ1v) is 8.52. The molecule has 1 aromatic heterocycles. The van der Waals surface area contributed by atoms with Gasteiger partial charge in [-0.1, -0.05) is 20.8 Å². The Morgan fingerprint density at radius 2 is 1.81 bits per heavy atom. The van der Waals surface area contributed by atoms with Crippen LogP contribution in [0.2, 0.25) is 0 Å². The number of aliphatic hydroxyl groups excluding tert-OH is 1. The third-order valence-corrected chi connectivity index (χ3v) is 5.65. The van der Waals surface area contributed by atoms with Gasteiger partial charge < -0.3 is 9.67 Å². The third kappa shape index (κ3) is 3.01. The number of fused-ring (bicyclic) bond motifs is 1. The first kappa shape index (κ1) is 15.0. The number of hydrogen-bond acceptors (Lipinski definition) is 3. The van der Waals surface area contributed by atoms with Gasteiger partial charge in [-0.15, -0.1) is 10.2 Å². The zero-order chi connectivity index (χ0) is 15.0. The fourth-order valence-corrected chi connectivity index (χ4v) is 4.08. The van der Waals surface area contributed by atoms with E-state index in [1.807, 2.05) is 0 Å². The average Bonchev–Trinajstić information content (AvgIpc) is 2.89. The van der Waals surface area contributed by atoms with Crippen LogP contribution in [0.1, 0.15) is 70.4 Å². The molecule has 0 bridgehead atoms. The minimum absolute atomic E-state index is 0.286. The smallest absolute Gasteiger partial charge is 0.136 e. The number of aromatic nitrogens is 3. The standard InChI is InChI=1S/C17H29N3O/c1-17(2,3)14-7-5-13(6-8-14)16-19-18-15-9-4-12(11-21)10-20(15)16/h12-14,21H,4-11H2,1-3H3. The Balaban J connectivity index is 1.71. The van der Waals surface area contributed by atoms with E-state index in [0.29, 0.717) is 17.3 Å². The molecule has 0 spiro atoms. The van der Waals surface area contributed by atoms with Crippen molar-refractivity contribution < 1.29 is 5.11 Å². The molecule has 4 heteroatoms. The molecule has 1 unspecified atom stereocenters. The predicted octanol–water partition coefficient (Wildman–Crippen LogP) is 3.15. The van der Waals surface area contributed by atoms with E-state index in [4.69, 9.17) is 0 Å². The Bertz CT molecular complexity index is 481. The monoisotopic (exact) mass is 291 g/mol. The van der Waals surface area contributed by atoms with Crippen molar-refractivity contribution in [1.29, 1.82) is 0 Å². The van der Waals surface area contributed by atoms with Crippen molar-refractivity contribution in [3.8, 4) is 0 Å². The van der Waals surface area contributed by atoms with E-state index in [9.17, 15) is 5.11 Å². The summed E-state index contributed by atoms with van der Waals surface area (Å²) in [5, 5.41) is 18.3. The van der Waals surface area contributed by atoms with E-state index in [2.05, 4.69) is 35.5 Å². The van der Waals surface area contributed by atoms with Crippen molar-refractivity contribution in [2.45, 2.75) is 71.8 Å². The molecule has 1 saturated carbocycles. The molecule has 2 heterocycles. The molecule has 0 saturated heterocycles. The third-order valence-electron chi connectivity index (χ3n) is 5.65. The van der Waals surface area contributed by atoms with Crippen LogP contribution in [0.15, 0.2) is 0 Å². The van der Waals surface area contributed by atoms with Gasteiger partial charge >= 0.3 is 0 Å². The zero-order valence-corrected chi connectivity index (χ0v) is 13.7. The maximum atomic E-state index is 9.43. The fourth-order valence-electron chi connectivity index (χ4n) is 4.08. The van der Waals surface area contributed by atoms with Crippen molar-refractivity contribution in [3.05, 3.63) is 11.6 Å². The molecule has 2 aliphatic rings. The van der Waals surface area contributed by atoms with Gasteiger partial charge in [-0.05, 0) is 43.4 Å². The second kappa shape index (κ2) is 5.71. The van der Waals surface area contributed by atoms with Crippen molar-refractivity contribution in [2.75, 3.05) is 6.61 Å². The lowest BCUT2D eigenvalue weighted by Gasteiger charge is -2.37. The molecule has 118 valence electrons. The molecule has 1 aliphatic heterocycles. The molecule has 1 aliphatic carbocycles. The second-order valence-corrected chi connectivity index (χ2v) is 8.09. The Labute approximate surface area is 128 Å². The van der Waals surface area contributed by atoms with E-state index in [0.717, 1.165) is 31.1 Å². The fraction of sp³-hybridized carbons (Fsp3) is 0.882. The Hall–Kier alpha value is -0.900. The largest absolute Gasteiger partial charge is 0.396 e. The van der Waals surface area contributed by atoms with Gasteiger partial charge in [0.2, 0.25) is 0 Å². The van der Waals surface area contributed by atoms with Gasteiger partial charge in [0.1, 0.15) is 11.6 Å². The lowest BCUT2D eigenvalue weighted by molar-refractivity contribution is 0.162. The molecule has 4 nitrogen and oxygen atoms in total. The lowest BCUT2D eigenvalue weighted by atomic mass is 9.69. The molecule has 21 heavy (non-hydrogen) atoms. The minimum Gasteiger partial charge on any atom is -0.396 e. The van der Waals surface area contributed by atoms with Crippen LogP contribution in [-0.2, 0) is 13.0 Å². The highest BCUT2D eigenvalue weighted by Crippen LogP contribution is 2.43. The second-order valence-electron chi connectivity index (χ2n) is 8.09. The van der Waals surface area contributed by atoms with Crippen LogP contribution in [0, 0.1) is 17.3 Å². The van der Waals surface area contributed by atoms with Crippen LogP contribution >= 0.6 is 0 Å². The Morgan fingerprint density at radius 3 is 2.43 bits per heavy atom. The summed E-state index contributed by atoms with van der Waals surface area (Å²) in [4.78, 5) is 0. The number of aryl methyl sites for hydroxylation is 1. The highest BCUT2D eigenvalue weighted by molar-refractivity contribution is 5.06. The first-order valence-electron chi connectivity index (χ1n) is 8.52.